The molecule has 1 saturated heterocycles. The largest absolute Gasteiger partial charge is 0.494 e. The van der Waals surface area contributed by atoms with Crippen molar-refractivity contribution in [3.8, 4) is 5.75 Å². The number of ether oxygens (including phenoxy) is 2. The van der Waals surface area contributed by atoms with Gasteiger partial charge in [0.25, 0.3) is 0 Å². The zero-order chi connectivity index (χ0) is 17.6. The smallest absolute Gasteiger partial charge is 0.414 e. The summed E-state index contributed by atoms with van der Waals surface area (Å²) < 4.78 is 11.0. The number of carboxylic acids is 2. The Morgan fingerprint density at radius 3 is 2.21 bits per heavy atom. The summed E-state index contributed by atoms with van der Waals surface area (Å²) in [6, 6.07) is 10.0. The zero-order valence-electron chi connectivity index (χ0n) is 13.7. The lowest BCUT2D eigenvalue weighted by Gasteiger charge is -2.26. The second kappa shape index (κ2) is 12.3. The normalized spacial score (nSPS) is 14.3. The summed E-state index contributed by atoms with van der Waals surface area (Å²) in [5, 5.41) is 14.8. The van der Waals surface area contributed by atoms with Crippen LogP contribution in [-0.2, 0) is 14.3 Å². The first-order valence-corrected chi connectivity index (χ1v) is 8.03. The molecule has 134 valence electrons. The van der Waals surface area contributed by atoms with E-state index in [9.17, 15) is 0 Å². The van der Waals surface area contributed by atoms with E-state index in [2.05, 4.69) is 4.90 Å². The molecule has 1 aliphatic rings. The number of benzene rings is 1. The summed E-state index contributed by atoms with van der Waals surface area (Å²) >= 11 is 0. The highest BCUT2D eigenvalue weighted by Crippen LogP contribution is 2.09. The molecule has 7 heteroatoms. The van der Waals surface area contributed by atoms with Crippen molar-refractivity contribution in [1.82, 2.24) is 4.90 Å². The van der Waals surface area contributed by atoms with Crippen LogP contribution in [0.3, 0.4) is 0 Å². The SMILES string of the molecule is O=C(O)C(=O)O.c1ccc(OCCCCCN2CCOCC2)cc1. The summed E-state index contributed by atoms with van der Waals surface area (Å²) in [7, 11) is 0. The topological polar surface area (TPSA) is 96.3 Å². The summed E-state index contributed by atoms with van der Waals surface area (Å²) in [5.74, 6) is -2.67. The maximum absolute atomic E-state index is 9.10. The van der Waals surface area contributed by atoms with Crippen molar-refractivity contribution in [2.24, 2.45) is 0 Å². The third-order valence-corrected chi connectivity index (χ3v) is 3.42. The fourth-order valence-electron chi connectivity index (χ4n) is 2.15. The minimum Gasteiger partial charge on any atom is -0.494 e. The molecule has 0 atom stereocenters. The highest BCUT2D eigenvalue weighted by molar-refractivity contribution is 6.27. The van der Waals surface area contributed by atoms with Crippen LogP contribution in [0.25, 0.3) is 0 Å². The predicted octanol–water partition coefficient (Wildman–Crippen LogP) is 1.72. The fourth-order valence-corrected chi connectivity index (χ4v) is 2.15. The van der Waals surface area contributed by atoms with E-state index in [1.54, 1.807) is 0 Å². The van der Waals surface area contributed by atoms with Gasteiger partial charge in [0.05, 0.1) is 19.8 Å². The Bertz CT molecular complexity index is 461. The van der Waals surface area contributed by atoms with Gasteiger partial charge in [-0.1, -0.05) is 18.2 Å². The van der Waals surface area contributed by atoms with Gasteiger partial charge in [0.2, 0.25) is 0 Å². The van der Waals surface area contributed by atoms with Gasteiger partial charge in [0.1, 0.15) is 5.75 Å². The Balaban J connectivity index is 0.000000413. The summed E-state index contributed by atoms with van der Waals surface area (Å²) in [4.78, 5) is 20.7. The molecule has 0 bridgehead atoms. The average molecular weight is 339 g/mol. The van der Waals surface area contributed by atoms with Crippen molar-refractivity contribution in [3.05, 3.63) is 30.3 Å². The van der Waals surface area contributed by atoms with E-state index in [-0.39, 0.29) is 0 Å². The van der Waals surface area contributed by atoms with Crippen LogP contribution < -0.4 is 4.74 Å². The first kappa shape index (κ1) is 19.9. The number of unbranched alkanes of at least 4 members (excludes halogenated alkanes) is 2. The summed E-state index contributed by atoms with van der Waals surface area (Å²) in [5.41, 5.74) is 0. The Labute approximate surface area is 141 Å². The molecule has 0 radical (unpaired) electrons. The van der Waals surface area contributed by atoms with Crippen molar-refractivity contribution in [1.29, 1.82) is 0 Å². The van der Waals surface area contributed by atoms with Crippen LogP contribution in [0.5, 0.6) is 5.75 Å². The molecule has 1 aromatic carbocycles. The van der Waals surface area contributed by atoms with Gasteiger partial charge in [-0.05, 0) is 37.9 Å². The molecule has 2 rings (SSSR count). The molecular weight excluding hydrogens is 314 g/mol. The van der Waals surface area contributed by atoms with E-state index < -0.39 is 11.9 Å². The Morgan fingerprint density at radius 1 is 1.00 bits per heavy atom. The van der Waals surface area contributed by atoms with E-state index in [0.29, 0.717) is 0 Å². The van der Waals surface area contributed by atoms with Crippen molar-refractivity contribution in [2.45, 2.75) is 19.3 Å². The Hall–Kier alpha value is -2.12. The highest BCUT2D eigenvalue weighted by Gasteiger charge is 2.08. The monoisotopic (exact) mass is 339 g/mol. The minimum atomic E-state index is -1.82. The molecule has 0 spiro atoms. The van der Waals surface area contributed by atoms with Crippen molar-refractivity contribution >= 4 is 11.9 Å². The number of aliphatic carboxylic acids is 2. The third-order valence-electron chi connectivity index (χ3n) is 3.42. The molecule has 1 aliphatic heterocycles. The molecule has 1 aromatic rings. The minimum absolute atomic E-state index is 0.827. The number of carbonyl (C=O) groups is 2. The van der Waals surface area contributed by atoms with Crippen molar-refractivity contribution in [3.63, 3.8) is 0 Å². The first-order valence-electron chi connectivity index (χ1n) is 8.03. The van der Waals surface area contributed by atoms with Gasteiger partial charge in [0.15, 0.2) is 0 Å². The van der Waals surface area contributed by atoms with Gasteiger partial charge in [-0.2, -0.15) is 0 Å². The molecule has 7 nitrogen and oxygen atoms in total. The molecule has 1 heterocycles. The van der Waals surface area contributed by atoms with Crippen LogP contribution >= 0.6 is 0 Å². The number of hydrogen-bond acceptors (Lipinski definition) is 5. The lowest BCUT2D eigenvalue weighted by molar-refractivity contribution is -0.159. The molecular formula is C17H25NO6. The van der Waals surface area contributed by atoms with Crippen molar-refractivity contribution < 1.29 is 29.3 Å². The number of rotatable bonds is 7. The quantitative estimate of drug-likeness (QED) is 0.577. The Morgan fingerprint density at radius 2 is 1.62 bits per heavy atom. The van der Waals surface area contributed by atoms with E-state index >= 15 is 0 Å². The number of hydrogen-bond donors (Lipinski definition) is 2. The van der Waals surface area contributed by atoms with Crippen LogP contribution in [0.15, 0.2) is 30.3 Å². The van der Waals surface area contributed by atoms with Crippen LogP contribution in [-0.4, -0.2) is 66.5 Å². The average Bonchev–Trinajstić information content (AvgIpc) is 2.60. The maximum atomic E-state index is 9.10. The van der Waals surface area contributed by atoms with E-state index in [4.69, 9.17) is 29.3 Å². The van der Waals surface area contributed by atoms with Crippen LogP contribution in [0.1, 0.15) is 19.3 Å². The van der Waals surface area contributed by atoms with Crippen LogP contribution in [0.2, 0.25) is 0 Å². The zero-order valence-corrected chi connectivity index (χ0v) is 13.7. The molecule has 0 saturated carbocycles. The molecule has 0 aromatic heterocycles. The number of para-hydroxylation sites is 1. The predicted molar refractivity (Wildman–Crippen MR) is 88.3 cm³/mol. The second-order valence-electron chi connectivity index (χ2n) is 5.29. The number of morpholine rings is 1. The highest BCUT2D eigenvalue weighted by atomic mass is 16.5. The van der Waals surface area contributed by atoms with Crippen LogP contribution in [0.4, 0.5) is 0 Å². The van der Waals surface area contributed by atoms with E-state index in [1.165, 1.54) is 19.4 Å². The van der Waals surface area contributed by atoms with E-state index in [1.807, 2.05) is 30.3 Å². The van der Waals surface area contributed by atoms with Gasteiger partial charge in [0, 0.05) is 13.1 Å². The fraction of sp³-hybridized carbons (Fsp3) is 0.529. The lowest BCUT2D eigenvalue weighted by atomic mass is 10.2. The second-order valence-corrected chi connectivity index (χ2v) is 5.29. The van der Waals surface area contributed by atoms with E-state index in [0.717, 1.165) is 45.1 Å². The van der Waals surface area contributed by atoms with Gasteiger partial charge in [-0.15, -0.1) is 0 Å². The summed E-state index contributed by atoms with van der Waals surface area (Å²) in [6.07, 6.45) is 3.64. The van der Waals surface area contributed by atoms with Gasteiger partial charge in [-0.25, -0.2) is 9.59 Å². The van der Waals surface area contributed by atoms with Gasteiger partial charge >= 0.3 is 11.9 Å². The molecule has 0 amide bonds. The molecule has 0 aliphatic carbocycles. The molecule has 2 N–H and O–H groups in total. The first-order chi connectivity index (χ1) is 11.6. The number of carboxylic acid groups (broad SMARTS) is 2. The van der Waals surface area contributed by atoms with Crippen LogP contribution in [0, 0.1) is 0 Å². The molecule has 24 heavy (non-hydrogen) atoms. The van der Waals surface area contributed by atoms with Crippen molar-refractivity contribution in [2.75, 3.05) is 39.5 Å². The Kier molecular flexibility index (Phi) is 10.2. The number of nitrogens with zero attached hydrogens (tertiary/aromatic N) is 1. The standard InChI is InChI=1S/C15H23NO2.C2H2O4/c1-3-7-15(8-4-1)18-12-6-2-5-9-16-10-13-17-14-11-16;3-1(4)2(5)6/h1,3-4,7-8H,2,5-6,9-14H2;(H,3,4)(H,5,6). The van der Waals surface area contributed by atoms with Gasteiger partial charge < -0.3 is 19.7 Å². The molecule has 1 fully saturated rings. The maximum Gasteiger partial charge on any atom is 0.414 e. The molecule has 0 unspecified atom stereocenters. The summed E-state index contributed by atoms with van der Waals surface area (Å²) in [6.45, 7) is 6.02. The third kappa shape index (κ3) is 9.81. The lowest BCUT2D eigenvalue weighted by Crippen LogP contribution is -2.36. The van der Waals surface area contributed by atoms with Gasteiger partial charge in [-0.3, -0.25) is 4.90 Å².